The quantitative estimate of drug-likeness (QED) is 0.553. The van der Waals surface area contributed by atoms with Crippen LogP contribution in [0.3, 0.4) is 0 Å². The van der Waals surface area contributed by atoms with Crippen LogP contribution in [0.25, 0.3) is 11.4 Å². The number of amides is 1. The Morgan fingerprint density at radius 1 is 1.22 bits per heavy atom. The first-order valence-corrected chi connectivity index (χ1v) is 10.8. The Kier molecular flexibility index (Phi) is 6.58. The van der Waals surface area contributed by atoms with Gasteiger partial charge in [-0.15, -0.1) is 0 Å². The number of benzene rings is 2. The Labute approximate surface area is 187 Å². The molecular weight excluding hydrogens is 408 g/mol. The van der Waals surface area contributed by atoms with Crippen LogP contribution in [0.15, 0.2) is 53.1 Å². The SMILES string of the molecule is CCOc1ccccc1N(C)C(=O)C1CCCN(c2nc(-c3ccc(OC)cc3)no2)C1. The fraction of sp³-hybridized carbons (Fsp3) is 0.375. The van der Waals surface area contributed by atoms with Crippen molar-refractivity contribution < 1.29 is 18.8 Å². The van der Waals surface area contributed by atoms with E-state index in [0.29, 0.717) is 30.7 Å². The van der Waals surface area contributed by atoms with Crippen LogP contribution < -0.4 is 19.3 Å². The highest BCUT2D eigenvalue weighted by atomic mass is 16.5. The van der Waals surface area contributed by atoms with E-state index >= 15 is 0 Å². The lowest BCUT2D eigenvalue weighted by Gasteiger charge is -2.33. The molecule has 4 rings (SSSR count). The van der Waals surface area contributed by atoms with Crippen LogP contribution in [0.1, 0.15) is 19.8 Å². The molecule has 8 nitrogen and oxygen atoms in total. The van der Waals surface area contributed by atoms with Gasteiger partial charge in [-0.05, 0) is 56.2 Å². The summed E-state index contributed by atoms with van der Waals surface area (Å²) in [6, 6.07) is 15.5. The van der Waals surface area contributed by atoms with Crippen LogP contribution >= 0.6 is 0 Å². The minimum Gasteiger partial charge on any atom is -0.497 e. The summed E-state index contributed by atoms with van der Waals surface area (Å²) in [5.74, 6) is 1.87. The number of nitrogens with zero attached hydrogens (tertiary/aromatic N) is 4. The molecule has 168 valence electrons. The first-order chi connectivity index (χ1) is 15.6. The second-order valence-electron chi connectivity index (χ2n) is 7.71. The van der Waals surface area contributed by atoms with Gasteiger partial charge in [-0.3, -0.25) is 4.79 Å². The predicted molar refractivity (Wildman–Crippen MR) is 122 cm³/mol. The Morgan fingerprint density at radius 3 is 2.75 bits per heavy atom. The highest BCUT2D eigenvalue weighted by Gasteiger charge is 2.31. The molecule has 0 saturated carbocycles. The maximum absolute atomic E-state index is 13.3. The maximum Gasteiger partial charge on any atom is 0.324 e. The van der Waals surface area contributed by atoms with Gasteiger partial charge in [0.1, 0.15) is 11.5 Å². The lowest BCUT2D eigenvalue weighted by atomic mass is 9.96. The van der Waals surface area contributed by atoms with Crippen molar-refractivity contribution in [1.29, 1.82) is 0 Å². The van der Waals surface area contributed by atoms with E-state index in [2.05, 4.69) is 10.1 Å². The Bertz CT molecular complexity index is 1050. The van der Waals surface area contributed by atoms with Gasteiger partial charge < -0.3 is 23.8 Å². The number of carbonyl (C=O) groups is 1. The molecule has 1 aliphatic rings. The average Bonchev–Trinajstić information content (AvgIpc) is 3.34. The molecule has 0 N–H and O–H groups in total. The minimum absolute atomic E-state index is 0.0525. The van der Waals surface area contributed by atoms with Gasteiger partial charge in [0.25, 0.3) is 0 Å². The molecule has 1 fully saturated rings. The van der Waals surface area contributed by atoms with Gasteiger partial charge in [-0.1, -0.05) is 17.3 Å². The maximum atomic E-state index is 13.3. The number of hydrogen-bond acceptors (Lipinski definition) is 7. The molecule has 0 spiro atoms. The van der Waals surface area contributed by atoms with Gasteiger partial charge in [-0.2, -0.15) is 4.98 Å². The zero-order valence-corrected chi connectivity index (χ0v) is 18.7. The molecule has 1 amide bonds. The second kappa shape index (κ2) is 9.72. The largest absolute Gasteiger partial charge is 0.497 e. The molecule has 1 saturated heterocycles. The summed E-state index contributed by atoms with van der Waals surface area (Å²) in [6.45, 7) is 3.78. The summed E-state index contributed by atoms with van der Waals surface area (Å²) in [7, 11) is 3.43. The van der Waals surface area contributed by atoms with Crippen LogP contribution in [-0.2, 0) is 4.79 Å². The van der Waals surface area contributed by atoms with Gasteiger partial charge >= 0.3 is 6.01 Å². The standard InChI is InChI=1S/C24H28N4O4/c1-4-31-21-10-6-5-9-20(21)27(2)23(29)18-8-7-15-28(16-18)24-25-22(26-32-24)17-11-13-19(30-3)14-12-17/h5-6,9-14,18H,4,7-8,15-16H2,1-3H3. The lowest BCUT2D eigenvalue weighted by molar-refractivity contribution is -0.122. The summed E-state index contributed by atoms with van der Waals surface area (Å²) in [4.78, 5) is 21.5. The third-order valence-corrected chi connectivity index (χ3v) is 5.66. The summed E-state index contributed by atoms with van der Waals surface area (Å²) in [5, 5.41) is 4.12. The first kappa shape index (κ1) is 21.7. The van der Waals surface area contributed by atoms with E-state index < -0.39 is 0 Å². The van der Waals surface area contributed by atoms with Gasteiger partial charge in [0, 0.05) is 25.7 Å². The van der Waals surface area contributed by atoms with Crippen LogP contribution in [0.2, 0.25) is 0 Å². The lowest BCUT2D eigenvalue weighted by Crippen LogP contribution is -2.44. The zero-order chi connectivity index (χ0) is 22.5. The van der Waals surface area contributed by atoms with E-state index in [1.807, 2.05) is 60.4 Å². The van der Waals surface area contributed by atoms with Crippen LogP contribution in [-0.4, -0.2) is 49.9 Å². The Hall–Kier alpha value is -3.55. The number of rotatable bonds is 7. The van der Waals surface area contributed by atoms with Crippen molar-refractivity contribution in [2.24, 2.45) is 5.92 Å². The van der Waals surface area contributed by atoms with Gasteiger partial charge in [0.15, 0.2) is 0 Å². The molecule has 0 radical (unpaired) electrons. The third-order valence-electron chi connectivity index (χ3n) is 5.66. The summed E-state index contributed by atoms with van der Waals surface area (Å²) in [5.41, 5.74) is 1.62. The number of piperidine rings is 1. The normalized spacial score (nSPS) is 16.0. The van der Waals surface area contributed by atoms with Crippen molar-refractivity contribution in [3.05, 3.63) is 48.5 Å². The molecular formula is C24H28N4O4. The molecule has 1 aliphatic heterocycles. The van der Waals surface area contributed by atoms with Crippen molar-refractivity contribution in [3.8, 4) is 22.9 Å². The van der Waals surface area contributed by atoms with E-state index in [-0.39, 0.29) is 11.8 Å². The topological polar surface area (TPSA) is 80.9 Å². The highest BCUT2D eigenvalue weighted by Crippen LogP contribution is 2.31. The fourth-order valence-corrected chi connectivity index (χ4v) is 3.96. The molecule has 2 heterocycles. The second-order valence-corrected chi connectivity index (χ2v) is 7.71. The monoisotopic (exact) mass is 436 g/mol. The van der Waals surface area contributed by atoms with E-state index in [1.165, 1.54) is 0 Å². The van der Waals surface area contributed by atoms with E-state index in [1.54, 1.807) is 19.1 Å². The number of anilines is 2. The zero-order valence-electron chi connectivity index (χ0n) is 18.7. The number of methoxy groups -OCH3 is 1. The molecule has 8 heteroatoms. The number of carbonyl (C=O) groups excluding carboxylic acids is 1. The van der Waals surface area contributed by atoms with Gasteiger partial charge in [-0.25, -0.2) is 0 Å². The van der Waals surface area contributed by atoms with Crippen molar-refractivity contribution in [3.63, 3.8) is 0 Å². The Balaban J connectivity index is 1.46. The fourth-order valence-electron chi connectivity index (χ4n) is 3.96. The Morgan fingerprint density at radius 2 is 2.00 bits per heavy atom. The highest BCUT2D eigenvalue weighted by molar-refractivity contribution is 5.96. The van der Waals surface area contributed by atoms with E-state index in [0.717, 1.165) is 36.4 Å². The van der Waals surface area contributed by atoms with Crippen molar-refractivity contribution in [1.82, 2.24) is 10.1 Å². The van der Waals surface area contributed by atoms with Gasteiger partial charge in [0.2, 0.25) is 11.7 Å². The number of ether oxygens (including phenoxy) is 2. The molecule has 0 aliphatic carbocycles. The first-order valence-electron chi connectivity index (χ1n) is 10.8. The molecule has 1 aromatic heterocycles. The van der Waals surface area contributed by atoms with Crippen LogP contribution in [0.5, 0.6) is 11.5 Å². The van der Waals surface area contributed by atoms with Crippen LogP contribution in [0, 0.1) is 5.92 Å². The summed E-state index contributed by atoms with van der Waals surface area (Å²) < 4.78 is 16.4. The molecule has 2 aromatic carbocycles. The molecule has 0 bridgehead atoms. The summed E-state index contributed by atoms with van der Waals surface area (Å²) >= 11 is 0. The molecule has 1 unspecified atom stereocenters. The molecule has 1 atom stereocenters. The van der Waals surface area contributed by atoms with Crippen molar-refractivity contribution in [2.75, 3.05) is 43.7 Å². The van der Waals surface area contributed by atoms with Crippen LogP contribution in [0.4, 0.5) is 11.7 Å². The van der Waals surface area contributed by atoms with Crippen molar-refractivity contribution in [2.45, 2.75) is 19.8 Å². The van der Waals surface area contributed by atoms with Crippen molar-refractivity contribution >= 4 is 17.6 Å². The third kappa shape index (κ3) is 4.54. The predicted octanol–water partition coefficient (Wildman–Crippen LogP) is 4.02. The van der Waals surface area contributed by atoms with E-state index in [9.17, 15) is 4.79 Å². The minimum atomic E-state index is -0.167. The summed E-state index contributed by atoms with van der Waals surface area (Å²) in [6.07, 6.45) is 1.69. The number of hydrogen-bond donors (Lipinski definition) is 0. The van der Waals surface area contributed by atoms with E-state index in [4.69, 9.17) is 14.0 Å². The molecule has 3 aromatic rings. The average molecular weight is 437 g/mol. The molecule has 32 heavy (non-hydrogen) atoms. The number of aromatic nitrogens is 2. The number of para-hydroxylation sites is 2. The smallest absolute Gasteiger partial charge is 0.324 e. The van der Waals surface area contributed by atoms with Gasteiger partial charge in [0.05, 0.1) is 25.3 Å².